The third-order valence-corrected chi connectivity index (χ3v) is 2.47. The van der Waals surface area contributed by atoms with E-state index in [1.54, 1.807) is 0 Å². The largest absolute Gasteiger partial charge is 0.306 e. The van der Waals surface area contributed by atoms with Gasteiger partial charge in [0.2, 0.25) is 0 Å². The molecule has 15 heavy (non-hydrogen) atoms. The maximum Gasteiger partial charge on any atom is 0.194 e. The molecule has 1 rings (SSSR count). The summed E-state index contributed by atoms with van der Waals surface area (Å²) in [5, 5.41) is 0. The number of benzene rings is 1. The van der Waals surface area contributed by atoms with Crippen LogP contribution >= 0.6 is 0 Å². The van der Waals surface area contributed by atoms with Crippen molar-refractivity contribution in [2.75, 3.05) is 5.75 Å². The van der Waals surface area contributed by atoms with E-state index in [0.717, 1.165) is 12.1 Å². The van der Waals surface area contributed by atoms with Crippen molar-refractivity contribution in [1.29, 1.82) is 0 Å². The molecule has 1 atom stereocenters. The van der Waals surface area contributed by atoms with E-state index in [4.69, 9.17) is 4.55 Å². The van der Waals surface area contributed by atoms with Gasteiger partial charge in [0, 0.05) is 5.75 Å². The molecule has 0 radical (unpaired) electrons. The van der Waals surface area contributed by atoms with Crippen molar-refractivity contribution in [1.82, 2.24) is 0 Å². The van der Waals surface area contributed by atoms with Crippen molar-refractivity contribution in [3.63, 3.8) is 0 Å². The number of hydrogen-bond acceptors (Lipinski definition) is 1. The normalized spacial score (nSPS) is 12.8. The van der Waals surface area contributed by atoms with Gasteiger partial charge in [-0.2, -0.15) is 0 Å². The number of rotatable bonds is 4. The van der Waals surface area contributed by atoms with Gasteiger partial charge in [-0.3, -0.25) is 0 Å². The van der Waals surface area contributed by atoms with E-state index in [-0.39, 0.29) is 17.7 Å². The van der Waals surface area contributed by atoms with Crippen LogP contribution in [0.2, 0.25) is 0 Å². The van der Waals surface area contributed by atoms with Crippen molar-refractivity contribution in [2.24, 2.45) is 0 Å². The van der Waals surface area contributed by atoms with E-state index >= 15 is 0 Å². The van der Waals surface area contributed by atoms with E-state index in [2.05, 4.69) is 0 Å². The summed E-state index contributed by atoms with van der Waals surface area (Å²) in [6.45, 7) is 0. The standard InChI is InChI=1S/C9H9F3O2S/c10-7-4-6(2-1-3-15(13)14)5-8(11)9(7)12/h4-5H,1-3H2,(H,13,14). The lowest BCUT2D eigenvalue weighted by Gasteiger charge is -2.02. The molecule has 0 amide bonds. The summed E-state index contributed by atoms with van der Waals surface area (Å²) < 4.78 is 56.7. The lowest BCUT2D eigenvalue weighted by atomic mass is 10.1. The maximum absolute atomic E-state index is 12.7. The molecule has 1 unspecified atom stereocenters. The molecule has 0 spiro atoms. The fraction of sp³-hybridized carbons (Fsp3) is 0.333. The van der Waals surface area contributed by atoms with Gasteiger partial charge in [-0.15, -0.1) is 0 Å². The molecule has 0 saturated heterocycles. The second-order valence-corrected chi connectivity index (χ2v) is 4.05. The summed E-state index contributed by atoms with van der Waals surface area (Å²) in [6.07, 6.45) is 0.550. The smallest absolute Gasteiger partial charge is 0.194 e. The first-order chi connectivity index (χ1) is 7.00. The molecule has 0 fully saturated rings. The lowest BCUT2D eigenvalue weighted by molar-refractivity contribution is 0.445. The van der Waals surface area contributed by atoms with Crippen LogP contribution in [-0.4, -0.2) is 14.5 Å². The minimum absolute atomic E-state index is 0.0284. The molecule has 0 bridgehead atoms. The van der Waals surface area contributed by atoms with Crippen LogP contribution in [0.4, 0.5) is 13.2 Å². The third kappa shape index (κ3) is 3.64. The number of halogens is 3. The highest BCUT2D eigenvalue weighted by Crippen LogP contribution is 2.14. The monoisotopic (exact) mass is 238 g/mol. The molecule has 1 aromatic rings. The summed E-state index contributed by atoms with van der Waals surface area (Å²) in [7, 11) is 0. The van der Waals surface area contributed by atoms with Gasteiger partial charge >= 0.3 is 0 Å². The minimum atomic E-state index is -1.92. The van der Waals surface area contributed by atoms with Crippen LogP contribution < -0.4 is 0 Å². The zero-order chi connectivity index (χ0) is 11.4. The topological polar surface area (TPSA) is 37.3 Å². The van der Waals surface area contributed by atoms with Crippen LogP contribution in [0.5, 0.6) is 0 Å². The molecule has 2 nitrogen and oxygen atoms in total. The summed E-state index contributed by atoms with van der Waals surface area (Å²) in [5.41, 5.74) is 0.275. The average molecular weight is 238 g/mol. The fourth-order valence-corrected chi connectivity index (χ4v) is 1.54. The second-order valence-electron chi connectivity index (χ2n) is 3.00. The van der Waals surface area contributed by atoms with Gasteiger partial charge in [-0.05, 0) is 30.5 Å². The fourth-order valence-electron chi connectivity index (χ4n) is 1.15. The van der Waals surface area contributed by atoms with E-state index in [0.29, 0.717) is 6.42 Å². The summed E-state index contributed by atoms with van der Waals surface area (Å²) >= 11 is -1.92. The molecule has 0 aromatic heterocycles. The van der Waals surface area contributed by atoms with E-state index in [1.807, 2.05) is 0 Å². The molecule has 1 aromatic carbocycles. The molecule has 0 heterocycles. The Kier molecular flexibility index (Phi) is 4.28. The number of aryl methyl sites for hydroxylation is 1. The van der Waals surface area contributed by atoms with Gasteiger partial charge in [-0.1, -0.05) is 0 Å². The molecule has 6 heteroatoms. The molecule has 84 valence electrons. The molecule has 0 aliphatic rings. The minimum Gasteiger partial charge on any atom is -0.306 e. The van der Waals surface area contributed by atoms with Crippen molar-refractivity contribution in [2.45, 2.75) is 12.8 Å². The first-order valence-corrected chi connectivity index (χ1v) is 5.49. The molecule has 0 aliphatic carbocycles. The van der Waals surface area contributed by atoms with Gasteiger partial charge in [0.25, 0.3) is 0 Å². The lowest BCUT2D eigenvalue weighted by Crippen LogP contribution is -1.99. The SMILES string of the molecule is O=S(O)CCCc1cc(F)c(F)c(F)c1. The number of hydrogen-bond donors (Lipinski definition) is 1. The van der Waals surface area contributed by atoms with Crippen LogP contribution in [0.3, 0.4) is 0 Å². The van der Waals surface area contributed by atoms with E-state index in [1.165, 1.54) is 0 Å². The summed E-state index contributed by atoms with van der Waals surface area (Å²) in [6, 6.07) is 1.78. The molecular formula is C9H9F3O2S. The Morgan fingerprint density at radius 2 is 1.73 bits per heavy atom. The van der Waals surface area contributed by atoms with Crippen molar-refractivity contribution >= 4 is 11.1 Å². The zero-order valence-electron chi connectivity index (χ0n) is 7.67. The Morgan fingerprint density at radius 1 is 1.20 bits per heavy atom. The maximum atomic E-state index is 12.7. The Morgan fingerprint density at radius 3 is 2.20 bits per heavy atom. The first-order valence-electron chi connectivity index (χ1n) is 4.21. The first kappa shape index (κ1) is 12.2. The van der Waals surface area contributed by atoms with Gasteiger partial charge in [0.1, 0.15) is 0 Å². The highest BCUT2D eigenvalue weighted by atomic mass is 32.2. The van der Waals surface area contributed by atoms with Crippen LogP contribution in [-0.2, 0) is 17.5 Å². The predicted octanol–water partition coefficient (Wildman–Crippen LogP) is 2.26. The Labute approximate surface area is 87.4 Å². The quantitative estimate of drug-likeness (QED) is 0.645. The molecular weight excluding hydrogens is 229 g/mol. The molecule has 1 N–H and O–H groups in total. The van der Waals surface area contributed by atoms with Gasteiger partial charge < -0.3 is 4.55 Å². The molecule has 0 aliphatic heterocycles. The van der Waals surface area contributed by atoms with Gasteiger partial charge in [0.05, 0.1) is 0 Å². The Hall–Kier alpha value is -0.880. The van der Waals surface area contributed by atoms with Crippen LogP contribution in [0.25, 0.3) is 0 Å². The van der Waals surface area contributed by atoms with Crippen molar-refractivity contribution < 1.29 is 21.9 Å². The highest BCUT2D eigenvalue weighted by Gasteiger charge is 2.10. The average Bonchev–Trinajstić information content (AvgIpc) is 2.13. The van der Waals surface area contributed by atoms with Crippen LogP contribution in [0.15, 0.2) is 12.1 Å². The predicted molar refractivity (Wildman–Crippen MR) is 50.3 cm³/mol. The van der Waals surface area contributed by atoms with Crippen LogP contribution in [0.1, 0.15) is 12.0 Å². The van der Waals surface area contributed by atoms with E-state index in [9.17, 15) is 17.4 Å². The second kappa shape index (κ2) is 5.27. The van der Waals surface area contributed by atoms with E-state index < -0.39 is 28.5 Å². The van der Waals surface area contributed by atoms with Crippen molar-refractivity contribution in [3.05, 3.63) is 35.1 Å². The Balaban J connectivity index is 2.66. The van der Waals surface area contributed by atoms with Crippen molar-refractivity contribution in [3.8, 4) is 0 Å². The Bertz CT molecular complexity index is 359. The summed E-state index contributed by atoms with van der Waals surface area (Å²) in [5.74, 6) is -3.95. The summed E-state index contributed by atoms with van der Waals surface area (Å²) in [4.78, 5) is 0. The third-order valence-electron chi connectivity index (χ3n) is 1.83. The van der Waals surface area contributed by atoms with Gasteiger partial charge in [0.15, 0.2) is 28.5 Å². The van der Waals surface area contributed by atoms with Crippen LogP contribution in [0, 0.1) is 17.5 Å². The molecule has 0 saturated carbocycles. The zero-order valence-corrected chi connectivity index (χ0v) is 8.49. The highest BCUT2D eigenvalue weighted by molar-refractivity contribution is 7.79. The van der Waals surface area contributed by atoms with Gasteiger partial charge in [-0.25, -0.2) is 17.4 Å².